The largest absolute Gasteiger partial charge is 0.453 e. The van der Waals surface area contributed by atoms with Gasteiger partial charge in [-0.15, -0.1) is 0 Å². The van der Waals surface area contributed by atoms with Crippen LogP contribution in [0.5, 0.6) is 0 Å². The van der Waals surface area contributed by atoms with Gasteiger partial charge >= 0.3 is 16.5 Å². The number of aliphatic hydroxyl groups is 1. The van der Waals surface area contributed by atoms with E-state index in [0.717, 1.165) is 6.42 Å². The molecule has 0 heterocycles. The summed E-state index contributed by atoms with van der Waals surface area (Å²) in [5, 5.41) is 18.3. The van der Waals surface area contributed by atoms with E-state index in [4.69, 9.17) is 17.5 Å². The van der Waals surface area contributed by atoms with Crippen LogP contribution in [-0.4, -0.2) is 67.1 Å². The summed E-state index contributed by atoms with van der Waals surface area (Å²) in [6.07, 6.45) is 0.285. The average Bonchev–Trinajstić information content (AvgIpc) is 2.66. The third-order valence-electron chi connectivity index (χ3n) is 3.95. The Kier molecular flexibility index (Phi) is 12.9. The predicted molar refractivity (Wildman–Crippen MR) is 115 cm³/mol. The van der Waals surface area contributed by atoms with E-state index in [1.54, 1.807) is 0 Å². The number of rotatable bonds is 9. The van der Waals surface area contributed by atoms with Crippen molar-refractivity contribution in [3.05, 3.63) is 35.9 Å². The first-order valence-electron chi connectivity index (χ1n) is 9.48. The zero-order valence-electron chi connectivity index (χ0n) is 18.2. The second kappa shape index (κ2) is 13.9. The van der Waals surface area contributed by atoms with Crippen LogP contribution in [0.4, 0.5) is 4.79 Å². The first-order chi connectivity index (χ1) is 14.2. The minimum atomic E-state index is -4.67. The van der Waals surface area contributed by atoms with Crippen molar-refractivity contribution in [3.8, 4) is 0 Å². The lowest BCUT2D eigenvalue weighted by Gasteiger charge is -2.29. The Hall–Kier alpha value is -2.25. The highest BCUT2D eigenvalue weighted by Crippen LogP contribution is 2.19. The molecular formula is C19H33N3O8S. The van der Waals surface area contributed by atoms with Gasteiger partial charge in [0.1, 0.15) is 6.04 Å². The smallest absolute Gasteiger partial charge is 0.407 e. The molecule has 0 saturated carbocycles. The molecule has 0 spiro atoms. The number of hydrogen-bond acceptors (Lipinski definition) is 7. The number of amides is 2. The van der Waals surface area contributed by atoms with E-state index in [1.165, 1.54) is 12.7 Å². The molecule has 0 aliphatic carbocycles. The summed E-state index contributed by atoms with van der Waals surface area (Å²) in [7, 11) is -3.41. The Balaban J connectivity index is 0.00000161. The van der Waals surface area contributed by atoms with Gasteiger partial charge in [-0.3, -0.25) is 19.2 Å². The van der Waals surface area contributed by atoms with Gasteiger partial charge in [-0.25, -0.2) is 4.79 Å². The first kappa shape index (κ1) is 28.8. The molecular weight excluding hydrogens is 430 g/mol. The molecule has 2 amide bonds. The summed E-state index contributed by atoms with van der Waals surface area (Å²) < 4.78 is 36.2. The van der Waals surface area contributed by atoms with Crippen LogP contribution in [-0.2, 0) is 26.4 Å². The molecule has 178 valence electrons. The van der Waals surface area contributed by atoms with E-state index in [-0.39, 0.29) is 12.6 Å². The van der Waals surface area contributed by atoms with Crippen LogP contribution in [0.1, 0.15) is 32.8 Å². The molecule has 0 unspecified atom stereocenters. The maximum Gasteiger partial charge on any atom is 0.407 e. The highest BCUT2D eigenvalue weighted by atomic mass is 32.3. The van der Waals surface area contributed by atoms with E-state index in [9.17, 15) is 14.7 Å². The molecule has 0 fully saturated rings. The van der Waals surface area contributed by atoms with Gasteiger partial charge < -0.3 is 20.5 Å². The number of methoxy groups -OCH3 is 1. The zero-order valence-corrected chi connectivity index (χ0v) is 19.0. The van der Waals surface area contributed by atoms with E-state index in [0.29, 0.717) is 13.0 Å². The third-order valence-corrected chi connectivity index (χ3v) is 3.95. The Labute approximate surface area is 183 Å². The lowest BCUT2D eigenvalue weighted by molar-refractivity contribution is -0.125. The molecule has 1 aromatic carbocycles. The molecule has 1 aromatic rings. The lowest BCUT2D eigenvalue weighted by atomic mass is 9.86. The maximum absolute atomic E-state index is 12.3. The Bertz CT molecular complexity index is 758. The van der Waals surface area contributed by atoms with Gasteiger partial charge in [0.05, 0.1) is 19.9 Å². The SMILES string of the molecule is COC(=O)N[C@H](C(=O)NCNC[C@@H](O)CCc1ccccc1)C(C)(C)C.O=S(=O)(O)O. The number of hydrogen-bond donors (Lipinski definition) is 6. The number of benzene rings is 1. The molecule has 11 nitrogen and oxygen atoms in total. The van der Waals surface area contributed by atoms with Crippen molar-refractivity contribution in [2.45, 2.75) is 45.8 Å². The van der Waals surface area contributed by atoms with Crippen molar-refractivity contribution in [3.63, 3.8) is 0 Å². The van der Waals surface area contributed by atoms with Crippen molar-refractivity contribution in [1.82, 2.24) is 16.0 Å². The van der Waals surface area contributed by atoms with Gasteiger partial charge in [0.2, 0.25) is 5.91 Å². The number of alkyl carbamates (subject to hydrolysis) is 1. The van der Waals surface area contributed by atoms with Crippen LogP contribution < -0.4 is 16.0 Å². The van der Waals surface area contributed by atoms with Crippen molar-refractivity contribution in [2.24, 2.45) is 5.41 Å². The number of ether oxygens (including phenoxy) is 1. The molecule has 0 aromatic heterocycles. The topological polar surface area (TPSA) is 174 Å². The standard InChI is InChI=1S/C19H31N3O4.H2O4S/c1-19(2,3)16(22-18(25)26-4)17(24)21-13-20-12-15(23)11-10-14-8-6-5-7-9-14;1-5(2,3)4/h5-9,15-16,20,23H,10-13H2,1-4H3,(H,21,24)(H,22,25);(H2,1,2,3,4)/t15-,16+;/m0./s1. The molecule has 0 aliphatic rings. The number of carbonyl (C=O) groups is 2. The van der Waals surface area contributed by atoms with Gasteiger partial charge in [-0.05, 0) is 23.8 Å². The van der Waals surface area contributed by atoms with Crippen LogP contribution in [0.25, 0.3) is 0 Å². The summed E-state index contributed by atoms with van der Waals surface area (Å²) in [6.45, 7) is 6.14. The summed E-state index contributed by atoms with van der Waals surface area (Å²) in [5.74, 6) is -0.311. The quantitative estimate of drug-likeness (QED) is 0.175. The molecule has 6 N–H and O–H groups in total. The van der Waals surface area contributed by atoms with Crippen LogP contribution in [0.3, 0.4) is 0 Å². The van der Waals surface area contributed by atoms with E-state index < -0.39 is 34.1 Å². The zero-order chi connectivity index (χ0) is 24.1. The molecule has 0 saturated heterocycles. The highest BCUT2D eigenvalue weighted by Gasteiger charge is 2.32. The van der Waals surface area contributed by atoms with Crippen molar-refractivity contribution in [2.75, 3.05) is 20.3 Å². The van der Waals surface area contributed by atoms with Gasteiger partial charge in [0, 0.05) is 6.54 Å². The normalized spacial score (nSPS) is 13.3. The fourth-order valence-electron chi connectivity index (χ4n) is 2.42. The average molecular weight is 464 g/mol. The molecule has 1 rings (SSSR count). The van der Waals surface area contributed by atoms with Gasteiger partial charge in [0.15, 0.2) is 0 Å². The van der Waals surface area contributed by atoms with Crippen LogP contribution in [0, 0.1) is 5.41 Å². The molecule has 31 heavy (non-hydrogen) atoms. The molecule has 0 radical (unpaired) electrons. The Morgan fingerprint density at radius 1 is 1.13 bits per heavy atom. The van der Waals surface area contributed by atoms with Crippen LogP contribution in [0.15, 0.2) is 30.3 Å². The van der Waals surface area contributed by atoms with Gasteiger partial charge in [-0.1, -0.05) is 51.1 Å². The van der Waals surface area contributed by atoms with Crippen LogP contribution in [0.2, 0.25) is 0 Å². The third kappa shape index (κ3) is 16.2. The number of nitrogens with one attached hydrogen (secondary N) is 3. The summed E-state index contributed by atoms with van der Waals surface area (Å²) in [4.78, 5) is 23.7. The monoisotopic (exact) mass is 463 g/mol. The minimum Gasteiger partial charge on any atom is -0.453 e. The first-order valence-corrected chi connectivity index (χ1v) is 10.9. The van der Waals surface area contributed by atoms with Gasteiger partial charge in [-0.2, -0.15) is 8.42 Å². The van der Waals surface area contributed by atoms with Crippen molar-refractivity contribution in [1.29, 1.82) is 0 Å². The number of aryl methyl sites for hydroxylation is 1. The van der Waals surface area contributed by atoms with Crippen LogP contribution >= 0.6 is 0 Å². The van der Waals surface area contributed by atoms with E-state index in [1.807, 2.05) is 51.1 Å². The predicted octanol–water partition coefficient (Wildman–Crippen LogP) is 0.761. The van der Waals surface area contributed by atoms with E-state index >= 15 is 0 Å². The fraction of sp³-hybridized carbons (Fsp3) is 0.579. The number of carbonyl (C=O) groups excluding carboxylic acids is 2. The molecule has 0 bridgehead atoms. The lowest BCUT2D eigenvalue weighted by Crippen LogP contribution is -2.55. The molecule has 0 aliphatic heterocycles. The molecule has 2 atom stereocenters. The second-order valence-electron chi connectivity index (χ2n) is 7.73. The van der Waals surface area contributed by atoms with Gasteiger partial charge in [0.25, 0.3) is 0 Å². The number of aliphatic hydroxyl groups excluding tert-OH is 1. The van der Waals surface area contributed by atoms with Crippen molar-refractivity contribution < 1.29 is 37.0 Å². The Morgan fingerprint density at radius 2 is 1.68 bits per heavy atom. The van der Waals surface area contributed by atoms with Crippen molar-refractivity contribution >= 4 is 22.4 Å². The fourth-order valence-corrected chi connectivity index (χ4v) is 2.42. The summed E-state index contributed by atoms with van der Waals surface area (Å²) in [5.41, 5.74) is 0.717. The second-order valence-corrected chi connectivity index (χ2v) is 8.63. The maximum atomic E-state index is 12.3. The summed E-state index contributed by atoms with van der Waals surface area (Å²) in [6, 6.07) is 9.25. The Morgan fingerprint density at radius 3 is 2.16 bits per heavy atom. The highest BCUT2D eigenvalue weighted by molar-refractivity contribution is 7.79. The minimum absolute atomic E-state index is 0.205. The molecule has 12 heteroatoms. The summed E-state index contributed by atoms with van der Waals surface area (Å²) >= 11 is 0. The van der Waals surface area contributed by atoms with E-state index in [2.05, 4.69) is 20.7 Å².